The molecule has 0 amide bonds. The lowest BCUT2D eigenvalue weighted by molar-refractivity contribution is 0.972. The topological polar surface area (TPSA) is 24.9 Å². The number of anilines is 1. The van der Waals surface area contributed by atoms with Crippen LogP contribution in [0.1, 0.15) is 17.2 Å². The predicted molar refractivity (Wildman–Crippen MR) is 89.5 cm³/mol. The largest absolute Gasteiger partial charge is 0.360 e. The van der Waals surface area contributed by atoms with Gasteiger partial charge in [0, 0.05) is 6.20 Å². The van der Waals surface area contributed by atoms with Crippen molar-refractivity contribution in [2.75, 3.05) is 5.32 Å². The van der Waals surface area contributed by atoms with E-state index in [2.05, 4.69) is 65.4 Å². The molecular formula is C19H18N2. The second kappa shape index (κ2) is 5.80. The van der Waals surface area contributed by atoms with Gasteiger partial charge in [-0.05, 0) is 41.0 Å². The summed E-state index contributed by atoms with van der Waals surface area (Å²) in [5, 5.41) is 5.89. The summed E-state index contributed by atoms with van der Waals surface area (Å²) in [4.78, 5) is 4.39. The molecule has 0 saturated carbocycles. The monoisotopic (exact) mass is 274 g/mol. The molecule has 0 aliphatic heterocycles. The summed E-state index contributed by atoms with van der Waals surface area (Å²) in [6.45, 7) is 5.97. The Hall–Kier alpha value is -2.61. The molecule has 0 aliphatic carbocycles. The molecule has 1 atom stereocenters. The second-order valence-electron chi connectivity index (χ2n) is 5.19. The Morgan fingerprint density at radius 2 is 1.86 bits per heavy atom. The molecule has 0 radical (unpaired) electrons. The van der Waals surface area contributed by atoms with Crippen LogP contribution in [0.25, 0.3) is 10.8 Å². The molecule has 2 heteroatoms. The first-order valence-corrected chi connectivity index (χ1v) is 7.07. The average molecular weight is 274 g/mol. The molecule has 3 rings (SSSR count). The SMILES string of the molecule is C=CC(Nc1ccc(C)cn1)c1ccc2ccccc2c1. The number of hydrogen-bond acceptors (Lipinski definition) is 2. The van der Waals surface area contributed by atoms with Crippen molar-refractivity contribution in [1.82, 2.24) is 4.98 Å². The van der Waals surface area contributed by atoms with Crippen molar-refractivity contribution in [2.45, 2.75) is 13.0 Å². The van der Waals surface area contributed by atoms with Gasteiger partial charge in [-0.2, -0.15) is 0 Å². The van der Waals surface area contributed by atoms with Crippen LogP contribution in [0.5, 0.6) is 0 Å². The molecule has 2 nitrogen and oxygen atoms in total. The van der Waals surface area contributed by atoms with Gasteiger partial charge in [0.05, 0.1) is 6.04 Å². The molecule has 1 unspecified atom stereocenters. The zero-order valence-electron chi connectivity index (χ0n) is 12.1. The molecule has 0 aliphatic rings. The number of nitrogens with one attached hydrogen (secondary N) is 1. The van der Waals surface area contributed by atoms with E-state index >= 15 is 0 Å². The molecule has 0 bridgehead atoms. The van der Waals surface area contributed by atoms with Crippen molar-refractivity contribution in [1.29, 1.82) is 0 Å². The lowest BCUT2D eigenvalue weighted by Crippen LogP contribution is -2.08. The average Bonchev–Trinajstić information content (AvgIpc) is 2.54. The zero-order chi connectivity index (χ0) is 14.7. The molecule has 0 spiro atoms. The third-order valence-electron chi connectivity index (χ3n) is 3.58. The molecule has 0 fully saturated rings. The standard InChI is InChI=1S/C19H18N2/c1-3-18(21-19-11-8-14(2)13-20-19)17-10-9-15-6-4-5-7-16(15)12-17/h3-13,18H,1H2,2H3,(H,20,21). The maximum absolute atomic E-state index is 4.39. The van der Waals surface area contributed by atoms with Gasteiger partial charge in [0.2, 0.25) is 0 Å². The van der Waals surface area contributed by atoms with Gasteiger partial charge in [-0.1, -0.05) is 48.5 Å². The van der Waals surface area contributed by atoms with E-state index < -0.39 is 0 Å². The summed E-state index contributed by atoms with van der Waals surface area (Å²) in [6.07, 6.45) is 3.77. The number of pyridine rings is 1. The normalized spacial score (nSPS) is 12.0. The summed E-state index contributed by atoms with van der Waals surface area (Å²) < 4.78 is 0. The van der Waals surface area contributed by atoms with E-state index in [1.54, 1.807) is 0 Å². The van der Waals surface area contributed by atoms with Crippen molar-refractivity contribution in [2.24, 2.45) is 0 Å². The van der Waals surface area contributed by atoms with Crippen molar-refractivity contribution in [3.8, 4) is 0 Å². The minimum atomic E-state index is 0.0461. The molecule has 1 aromatic heterocycles. The van der Waals surface area contributed by atoms with E-state index in [1.807, 2.05) is 25.3 Å². The second-order valence-corrected chi connectivity index (χ2v) is 5.19. The number of nitrogens with zero attached hydrogens (tertiary/aromatic N) is 1. The van der Waals surface area contributed by atoms with Crippen LogP contribution in [0.3, 0.4) is 0 Å². The minimum absolute atomic E-state index is 0.0461. The summed E-state index contributed by atoms with van der Waals surface area (Å²) in [6, 6.07) is 18.9. The van der Waals surface area contributed by atoms with E-state index in [-0.39, 0.29) is 6.04 Å². The molecule has 2 aromatic carbocycles. The number of benzene rings is 2. The van der Waals surface area contributed by atoms with Gasteiger partial charge >= 0.3 is 0 Å². The Morgan fingerprint density at radius 1 is 1.05 bits per heavy atom. The van der Waals surface area contributed by atoms with Crippen molar-refractivity contribution in [3.05, 3.63) is 84.6 Å². The van der Waals surface area contributed by atoms with E-state index in [0.29, 0.717) is 0 Å². The van der Waals surface area contributed by atoms with Crippen molar-refractivity contribution in [3.63, 3.8) is 0 Å². The predicted octanol–water partition coefficient (Wildman–Crippen LogP) is 4.88. The van der Waals surface area contributed by atoms with Crippen LogP contribution >= 0.6 is 0 Å². The van der Waals surface area contributed by atoms with Gasteiger partial charge in [0.25, 0.3) is 0 Å². The van der Waals surface area contributed by atoms with E-state index in [4.69, 9.17) is 0 Å². The Bertz CT molecular complexity index is 760. The summed E-state index contributed by atoms with van der Waals surface area (Å²) >= 11 is 0. The molecule has 21 heavy (non-hydrogen) atoms. The van der Waals surface area contributed by atoms with E-state index in [9.17, 15) is 0 Å². The fourth-order valence-corrected chi connectivity index (χ4v) is 2.39. The van der Waals surface area contributed by atoms with Crippen molar-refractivity contribution < 1.29 is 0 Å². The molecule has 1 N–H and O–H groups in total. The third-order valence-corrected chi connectivity index (χ3v) is 3.58. The highest BCUT2D eigenvalue weighted by atomic mass is 15.0. The van der Waals surface area contributed by atoms with Crippen LogP contribution in [0.4, 0.5) is 5.82 Å². The van der Waals surface area contributed by atoms with Gasteiger partial charge in [-0.15, -0.1) is 6.58 Å². The number of fused-ring (bicyclic) bond motifs is 1. The lowest BCUT2D eigenvalue weighted by Gasteiger charge is -2.16. The number of hydrogen-bond donors (Lipinski definition) is 1. The van der Waals surface area contributed by atoms with Gasteiger partial charge in [0.1, 0.15) is 5.82 Å². The Morgan fingerprint density at radius 3 is 2.57 bits per heavy atom. The number of aryl methyl sites for hydroxylation is 1. The van der Waals surface area contributed by atoms with E-state index in [0.717, 1.165) is 11.4 Å². The van der Waals surface area contributed by atoms with E-state index in [1.165, 1.54) is 16.3 Å². The highest BCUT2D eigenvalue weighted by molar-refractivity contribution is 5.83. The Balaban J connectivity index is 1.90. The first-order chi connectivity index (χ1) is 10.3. The molecule has 3 aromatic rings. The van der Waals surface area contributed by atoms with Crippen LogP contribution < -0.4 is 5.32 Å². The highest BCUT2D eigenvalue weighted by Gasteiger charge is 2.08. The van der Waals surface area contributed by atoms with Gasteiger partial charge in [-0.25, -0.2) is 4.98 Å². The van der Waals surface area contributed by atoms with Gasteiger partial charge < -0.3 is 5.32 Å². The first-order valence-electron chi connectivity index (χ1n) is 7.07. The van der Waals surface area contributed by atoms with Crippen LogP contribution in [-0.4, -0.2) is 4.98 Å². The van der Waals surface area contributed by atoms with Gasteiger partial charge in [-0.3, -0.25) is 0 Å². The fraction of sp³-hybridized carbons (Fsp3) is 0.105. The number of rotatable bonds is 4. The minimum Gasteiger partial charge on any atom is -0.360 e. The fourth-order valence-electron chi connectivity index (χ4n) is 2.39. The molecule has 0 saturated heterocycles. The quantitative estimate of drug-likeness (QED) is 0.686. The first kappa shape index (κ1) is 13.4. The zero-order valence-corrected chi connectivity index (χ0v) is 12.1. The van der Waals surface area contributed by atoms with Crippen LogP contribution in [0.15, 0.2) is 73.4 Å². The van der Waals surface area contributed by atoms with Crippen molar-refractivity contribution >= 4 is 16.6 Å². The lowest BCUT2D eigenvalue weighted by atomic mass is 10.0. The highest BCUT2D eigenvalue weighted by Crippen LogP contribution is 2.23. The summed E-state index contributed by atoms with van der Waals surface area (Å²) in [5.41, 5.74) is 2.34. The maximum atomic E-state index is 4.39. The number of aromatic nitrogens is 1. The van der Waals surface area contributed by atoms with Gasteiger partial charge in [0.15, 0.2) is 0 Å². The molecular weight excluding hydrogens is 256 g/mol. The Labute approximate surface area is 125 Å². The van der Waals surface area contributed by atoms with Crippen LogP contribution in [-0.2, 0) is 0 Å². The molecule has 1 heterocycles. The third kappa shape index (κ3) is 2.95. The smallest absolute Gasteiger partial charge is 0.126 e. The van der Waals surface area contributed by atoms with Crippen LogP contribution in [0, 0.1) is 6.92 Å². The maximum Gasteiger partial charge on any atom is 0.126 e. The Kier molecular flexibility index (Phi) is 3.69. The summed E-state index contributed by atoms with van der Waals surface area (Å²) in [7, 11) is 0. The molecule has 104 valence electrons. The summed E-state index contributed by atoms with van der Waals surface area (Å²) in [5.74, 6) is 0.860. The van der Waals surface area contributed by atoms with Crippen LogP contribution in [0.2, 0.25) is 0 Å².